The minimum absolute atomic E-state index is 0.319. The molecule has 118 valence electrons. The fourth-order valence-electron chi connectivity index (χ4n) is 1.84. The molecule has 1 rings (SSSR count). The van der Waals surface area contributed by atoms with Gasteiger partial charge in [-0.3, -0.25) is 0 Å². The molecule has 0 heterocycles. The molecule has 0 spiro atoms. The highest BCUT2D eigenvalue weighted by Crippen LogP contribution is 2.19. The number of aliphatic imine (C=N–C) groups is 1. The first-order chi connectivity index (χ1) is 10.5. The largest absolute Gasteiger partial charge is 0.481 e. The zero-order valence-corrected chi connectivity index (χ0v) is 13.6. The third-order valence-corrected chi connectivity index (χ3v) is 3.16. The van der Waals surface area contributed by atoms with Crippen molar-refractivity contribution in [2.75, 3.05) is 13.7 Å². The average molecular weight is 299 g/mol. The minimum Gasteiger partial charge on any atom is -0.481 e. The fourth-order valence-corrected chi connectivity index (χ4v) is 1.84. The first kappa shape index (κ1) is 17.9. The van der Waals surface area contributed by atoms with Gasteiger partial charge in [-0.15, -0.1) is 0 Å². The molecule has 0 amide bonds. The van der Waals surface area contributed by atoms with E-state index in [2.05, 4.69) is 49.5 Å². The van der Waals surface area contributed by atoms with E-state index in [4.69, 9.17) is 10.1 Å². The summed E-state index contributed by atoms with van der Waals surface area (Å²) in [4.78, 5) is 4.33. The number of nitrogens with one attached hydrogen (secondary N) is 2. The summed E-state index contributed by atoms with van der Waals surface area (Å²) in [5.74, 6) is 0.319. The molecule has 1 aliphatic carbocycles. The third kappa shape index (κ3) is 5.66. The molecule has 0 unspecified atom stereocenters. The van der Waals surface area contributed by atoms with Gasteiger partial charge in [0.1, 0.15) is 0 Å². The average Bonchev–Trinajstić information content (AvgIpc) is 2.75. The van der Waals surface area contributed by atoms with E-state index in [-0.39, 0.29) is 0 Å². The summed E-state index contributed by atoms with van der Waals surface area (Å²) < 4.78 is 5.15. The molecular formula is C18H25N3O. The molecular weight excluding hydrogens is 274 g/mol. The Bertz CT molecular complexity index is 563. The maximum atomic E-state index is 7.22. The van der Waals surface area contributed by atoms with Crippen LogP contribution in [-0.2, 0) is 4.74 Å². The lowest BCUT2D eigenvalue weighted by atomic mass is 10.1. The van der Waals surface area contributed by atoms with E-state index in [1.54, 1.807) is 0 Å². The van der Waals surface area contributed by atoms with Crippen LogP contribution in [-0.4, -0.2) is 31.8 Å². The zero-order valence-electron chi connectivity index (χ0n) is 13.6. The Balaban J connectivity index is 2.78. The number of hydrogen-bond donors (Lipinski definition) is 2. The lowest BCUT2D eigenvalue weighted by molar-refractivity contribution is 0.405. The van der Waals surface area contributed by atoms with Crippen LogP contribution in [0.15, 0.2) is 64.9 Å². The van der Waals surface area contributed by atoms with Crippen molar-refractivity contribution >= 4 is 12.1 Å². The van der Waals surface area contributed by atoms with E-state index < -0.39 is 0 Å². The molecule has 0 atom stereocenters. The van der Waals surface area contributed by atoms with Gasteiger partial charge >= 0.3 is 0 Å². The van der Waals surface area contributed by atoms with Crippen molar-refractivity contribution < 1.29 is 4.74 Å². The highest BCUT2D eigenvalue weighted by Gasteiger charge is 2.07. The molecule has 0 saturated carbocycles. The van der Waals surface area contributed by atoms with Crippen molar-refractivity contribution in [1.82, 2.24) is 5.32 Å². The first-order valence-corrected chi connectivity index (χ1v) is 7.29. The van der Waals surface area contributed by atoms with Gasteiger partial charge in [0, 0.05) is 24.4 Å². The van der Waals surface area contributed by atoms with Crippen molar-refractivity contribution in [3.05, 3.63) is 59.9 Å². The predicted octanol–water partition coefficient (Wildman–Crippen LogP) is 3.56. The Morgan fingerprint density at radius 1 is 1.50 bits per heavy atom. The zero-order chi connectivity index (χ0) is 16.5. The van der Waals surface area contributed by atoms with Crippen LogP contribution in [0.5, 0.6) is 0 Å². The van der Waals surface area contributed by atoms with Crippen molar-refractivity contribution in [3.8, 4) is 0 Å². The summed E-state index contributed by atoms with van der Waals surface area (Å²) >= 11 is 0. The Kier molecular flexibility index (Phi) is 7.26. The van der Waals surface area contributed by atoms with Crippen LogP contribution in [0.2, 0.25) is 0 Å². The standard InChI is InChI=1S/C18H25N3O/c1-13(2)20-12-16-7-6-8-17(10-9-16)15(4)21-18(22-5)14(3)11-19/h6-9,11,13,19-20H,3-4,10,12H2,1-2,5H3. The van der Waals surface area contributed by atoms with E-state index in [0.29, 0.717) is 23.2 Å². The Labute approximate surface area is 133 Å². The van der Waals surface area contributed by atoms with Crippen LogP contribution in [0.1, 0.15) is 20.3 Å². The van der Waals surface area contributed by atoms with Crippen molar-refractivity contribution in [3.63, 3.8) is 0 Å². The molecule has 0 aromatic heterocycles. The number of ether oxygens (including phenoxy) is 1. The van der Waals surface area contributed by atoms with Gasteiger partial charge in [0.15, 0.2) is 0 Å². The predicted molar refractivity (Wildman–Crippen MR) is 94.6 cm³/mol. The second-order valence-electron chi connectivity index (χ2n) is 5.31. The molecule has 0 aromatic rings. The summed E-state index contributed by atoms with van der Waals surface area (Å²) in [6.45, 7) is 12.8. The van der Waals surface area contributed by atoms with Crippen molar-refractivity contribution in [1.29, 1.82) is 5.41 Å². The van der Waals surface area contributed by atoms with Crippen LogP contribution in [0.25, 0.3) is 0 Å². The van der Waals surface area contributed by atoms with E-state index in [9.17, 15) is 0 Å². The van der Waals surface area contributed by atoms with Crippen molar-refractivity contribution in [2.45, 2.75) is 26.3 Å². The van der Waals surface area contributed by atoms with E-state index in [1.165, 1.54) is 12.7 Å². The fraction of sp³-hybridized carbons (Fsp3) is 0.333. The summed E-state index contributed by atoms with van der Waals surface area (Å²) in [7, 11) is 1.51. The van der Waals surface area contributed by atoms with Gasteiger partial charge in [0.05, 0.1) is 12.8 Å². The molecule has 0 fully saturated rings. The smallest absolute Gasteiger partial charge is 0.221 e. The summed E-state index contributed by atoms with van der Waals surface area (Å²) in [6, 6.07) is 0.459. The van der Waals surface area contributed by atoms with E-state index in [0.717, 1.165) is 24.8 Å². The molecule has 2 N–H and O–H groups in total. The van der Waals surface area contributed by atoms with Gasteiger partial charge in [-0.1, -0.05) is 51.3 Å². The third-order valence-electron chi connectivity index (χ3n) is 3.16. The van der Waals surface area contributed by atoms with E-state index in [1.807, 2.05) is 12.2 Å². The second kappa shape index (κ2) is 8.95. The maximum Gasteiger partial charge on any atom is 0.221 e. The topological polar surface area (TPSA) is 57.5 Å². The van der Waals surface area contributed by atoms with Gasteiger partial charge in [-0.25, -0.2) is 4.99 Å². The molecule has 0 bridgehead atoms. The van der Waals surface area contributed by atoms with Crippen LogP contribution in [0.3, 0.4) is 0 Å². The van der Waals surface area contributed by atoms with Crippen LogP contribution >= 0.6 is 0 Å². The lowest BCUT2D eigenvalue weighted by Gasteiger charge is -2.09. The van der Waals surface area contributed by atoms with Crippen LogP contribution in [0, 0.1) is 5.41 Å². The van der Waals surface area contributed by atoms with Gasteiger partial charge in [-0.2, -0.15) is 0 Å². The minimum atomic E-state index is 0.319. The molecule has 1 aliphatic rings. The van der Waals surface area contributed by atoms with Crippen LogP contribution < -0.4 is 5.32 Å². The van der Waals surface area contributed by atoms with Crippen LogP contribution in [0.4, 0.5) is 0 Å². The number of rotatable bonds is 7. The quantitative estimate of drug-likeness (QED) is 0.558. The number of allylic oxidation sites excluding steroid dienone is 4. The molecule has 0 aliphatic heterocycles. The van der Waals surface area contributed by atoms with E-state index >= 15 is 0 Å². The second-order valence-corrected chi connectivity index (χ2v) is 5.31. The summed E-state index contributed by atoms with van der Waals surface area (Å²) in [5, 5.41) is 10.6. The Morgan fingerprint density at radius 2 is 2.23 bits per heavy atom. The molecule has 0 radical (unpaired) electrons. The normalized spacial score (nSPS) is 15.0. The summed E-state index contributed by atoms with van der Waals surface area (Å²) in [5.41, 5.74) is 3.31. The molecule has 0 saturated heterocycles. The highest BCUT2D eigenvalue weighted by atomic mass is 16.5. The van der Waals surface area contributed by atoms with Gasteiger partial charge in [0.25, 0.3) is 0 Å². The van der Waals surface area contributed by atoms with Crippen molar-refractivity contribution in [2.24, 2.45) is 4.99 Å². The lowest BCUT2D eigenvalue weighted by Crippen LogP contribution is -2.24. The Hall–Kier alpha value is -2.20. The highest BCUT2D eigenvalue weighted by molar-refractivity contribution is 6.11. The molecule has 0 aromatic carbocycles. The first-order valence-electron chi connectivity index (χ1n) is 7.29. The molecule has 4 heteroatoms. The summed E-state index contributed by atoms with van der Waals surface area (Å²) in [6.07, 6.45) is 10.2. The molecule has 4 nitrogen and oxygen atoms in total. The Morgan fingerprint density at radius 3 is 2.82 bits per heavy atom. The van der Waals surface area contributed by atoms with Gasteiger partial charge in [-0.05, 0) is 17.6 Å². The van der Waals surface area contributed by atoms with Gasteiger partial charge < -0.3 is 15.5 Å². The SMILES string of the molecule is C=C(C=N)C(=NC(=C)C1=CC=CC(CNC(C)C)=CC1)OC. The molecule has 22 heavy (non-hydrogen) atoms. The number of nitrogens with zero attached hydrogens (tertiary/aromatic N) is 1. The maximum absolute atomic E-state index is 7.22. The monoisotopic (exact) mass is 299 g/mol. The number of hydrogen-bond acceptors (Lipinski definition) is 4. The van der Waals surface area contributed by atoms with Gasteiger partial charge in [0.2, 0.25) is 5.90 Å². The number of methoxy groups -OCH3 is 1.